The van der Waals surface area contributed by atoms with Crippen LogP contribution in [0.15, 0.2) is 79.0 Å². The molecule has 4 heteroatoms. The molecule has 0 spiro atoms. The van der Waals surface area contributed by atoms with Gasteiger partial charge in [0.1, 0.15) is 11.4 Å². The van der Waals surface area contributed by atoms with Crippen LogP contribution in [0.2, 0.25) is 0 Å². The number of para-hydroxylation sites is 1. The van der Waals surface area contributed by atoms with Crippen molar-refractivity contribution in [2.24, 2.45) is 0 Å². The second-order valence-electron chi connectivity index (χ2n) is 8.26. The average Bonchev–Trinajstić information content (AvgIpc) is 3.37. The van der Waals surface area contributed by atoms with Gasteiger partial charge in [-0.15, -0.1) is 0 Å². The highest BCUT2D eigenvalue weighted by molar-refractivity contribution is 6.04. The summed E-state index contributed by atoms with van der Waals surface area (Å²) in [5.74, 6) is -0.220. The van der Waals surface area contributed by atoms with Gasteiger partial charge < -0.3 is 9.47 Å². The predicted octanol–water partition coefficient (Wildman–Crippen LogP) is 5.83. The van der Waals surface area contributed by atoms with Crippen molar-refractivity contribution in [3.05, 3.63) is 102 Å². The van der Waals surface area contributed by atoms with Crippen LogP contribution in [-0.4, -0.2) is 17.0 Å². The maximum Gasteiger partial charge on any atom is 0.257 e. The summed E-state index contributed by atoms with van der Waals surface area (Å²) in [6.07, 6.45) is 3.43. The summed E-state index contributed by atoms with van der Waals surface area (Å²) in [4.78, 5) is 16.3. The van der Waals surface area contributed by atoms with E-state index in [1.54, 1.807) is 12.1 Å². The van der Waals surface area contributed by atoms with Gasteiger partial charge in [-0.2, -0.15) is 0 Å². The lowest BCUT2D eigenvalue weighted by molar-refractivity contribution is -0.125. The monoisotopic (exact) mass is 412 g/mol. The molecule has 0 unspecified atom stereocenters. The first-order valence-electron chi connectivity index (χ1n) is 10.8. The minimum absolute atomic E-state index is 0.0485. The summed E-state index contributed by atoms with van der Waals surface area (Å²) >= 11 is 0. The van der Waals surface area contributed by atoms with Crippen LogP contribution in [-0.2, 0) is 16.8 Å². The minimum atomic E-state index is -0.928. The van der Waals surface area contributed by atoms with Crippen molar-refractivity contribution in [2.75, 3.05) is 11.4 Å². The molecule has 0 bridgehead atoms. The normalized spacial score (nSPS) is 15.1. The summed E-state index contributed by atoms with van der Waals surface area (Å²) in [7, 11) is 0. The molecule has 3 nitrogen and oxygen atoms in total. The van der Waals surface area contributed by atoms with Gasteiger partial charge >= 0.3 is 0 Å². The van der Waals surface area contributed by atoms with Crippen LogP contribution < -0.4 is 4.90 Å². The average molecular weight is 413 g/mol. The second-order valence-corrected chi connectivity index (χ2v) is 8.26. The summed E-state index contributed by atoms with van der Waals surface area (Å²) in [5, 5.41) is 0.836. The standard InChI is InChI=1S/C27H25FN2O/c1-3-27(21-10-5-4-6-11-21,26(31)29-16-15-20-9-7-8-12-24(20)29)30-18-19(2)23-17-22(28)13-14-25(23)30/h4-14,17-18H,3,15-16H2,1-2H3/t27-/m0/s1. The Morgan fingerprint density at radius 2 is 1.77 bits per heavy atom. The molecule has 2 heterocycles. The Kier molecular flexibility index (Phi) is 4.66. The topological polar surface area (TPSA) is 25.2 Å². The van der Waals surface area contributed by atoms with Crippen molar-refractivity contribution in [1.82, 2.24) is 4.57 Å². The molecule has 0 saturated carbocycles. The van der Waals surface area contributed by atoms with Crippen molar-refractivity contribution in [1.29, 1.82) is 0 Å². The summed E-state index contributed by atoms with van der Waals surface area (Å²) in [5.41, 5.74) is 4.02. The summed E-state index contributed by atoms with van der Waals surface area (Å²) in [6, 6.07) is 22.9. The third-order valence-electron chi connectivity index (χ3n) is 6.63. The van der Waals surface area contributed by atoms with E-state index in [4.69, 9.17) is 0 Å². The molecule has 5 rings (SSSR count). The Morgan fingerprint density at radius 1 is 1.03 bits per heavy atom. The van der Waals surface area contributed by atoms with Gasteiger partial charge in [0.05, 0.1) is 0 Å². The number of aromatic nitrogens is 1. The molecule has 0 fully saturated rings. The number of anilines is 1. The van der Waals surface area contributed by atoms with Gasteiger partial charge in [0, 0.05) is 29.3 Å². The fourth-order valence-corrected chi connectivity index (χ4v) is 5.06. The first kappa shape index (κ1) is 19.6. The Hall–Kier alpha value is -3.40. The number of hydrogen-bond donors (Lipinski definition) is 0. The number of rotatable bonds is 4. The van der Waals surface area contributed by atoms with E-state index in [2.05, 4.69) is 17.6 Å². The lowest BCUT2D eigenvalue weighted by Crippen LogP contribution is -2.50. The SMILES string of the molecule is CC[C@@](C(=O)N1CCc2ccccc21)(c1ccccc1)n1cc(C)c2cc(F)ccc21. The quantitative estimate of drug-likeness (QED) is 0.414. The highest BCUT2D eigenvalue weighted by Gasteiger charge is 2.45. The smallest absolute Gasteiger partial charge is 0.257 e. The largest absolute Gasteiger partial charge is 0.328 e. The predicted molar refractivity (Wildman–Crippen MR) is 123 cm³/mol. The fourth-order valence-electron chi connectivity index (χ4n) is 5.06. The van der Waals surface area contributed by atoms with Gasteiger partial charge in [-0.3, -0.25) is 4.79 Å². The number of benzene rings is 3. The van der Waals surface area contributed by atoms with Crippen LogP contribution in [0.1, 0.15) is 30.0 Å². The van der Waals surface area contributed by atoms with E-state index >= 15 is 0 Å². The molecule has 0 radical (unpaired) electrons. The zero-order valence-electron chi connectivity index (χ0n) is 17.8. The fraction of sp³-hybridized carbons (Fsp3) is 0.222. The van der Waals surface area contributed by atoms with Gasteiger partial charge in [0.2, 0.25) is 0 Å². The third kappa shape index (κ3) is 2.89. The minimum Gasteiger partial charge on any atom is -0.328 e. The Bertz CT molecular complexity index is 1280. The highest BCUT2D eigenvalue weighted by atomic mass is 19.1. The Balaban J connectivity index is 1.77. The molecule has 31 heavy (non-hydrogen) atoms. The van der Waals surface area contributed by atoms with Crippen LogP contribution in [0.5, 0.6) is 0 Å². The Labute approximate surface area is 181 Å². The van der Waals surface area contributed by atoms with Crippen LogP contribution in [0, 0.1) is 12.7 Å². The van der Waals surface area contributed by atoms with E-state index in [1.165, 1.54) is 11.6 Å². The third-order valence-corrected chi connectivity index (χ3v) is 6.63. The van der Waals surface area contributed by atoms with E-state index in [0.717, 1.165) is 34.1 Å². The molecule has 4 aromatic rings. The lowest BCUT2D eigenvalue weighted by Gasteiger charge is -2.38. The van der Waals surface area contributed by atoms with Crippen molar-refractivity contribution in [2.45, 2.75) is 32.2 Å². The molecule has 3 aromatic carbocycles. The number of hydrogen-bond acceptors (Lipinski definition) is 1. The van der Waals surface area contributed by atoms with Crippen LogP contribution in [0.3, 0.4) is 0 Å². The van der Waals surface area contributed by atoms with Crippen molar-refractivity contribution < 1.29 is 9.18 Å². The maximum absolute atomic E-state index is 14.4. The zero-order valence-corrected chi connectivity index (χ0v) is 17.8. The van der Waals surface area contributed by atoms with Gasteiger partial charge in [0.15, 0.2) is 0 Å². The molecular formula is C27H25FN2O. The lowest BCUT2D eigenvalue weighted by atomic mass is 9.84. The van der Waals surface area contributed by atoms with E-state index in [-0.39, 0.29) is 11.7 Å². The number of carbonyl (C=O) groups excluding carboxylic acids is 1. The molecule has 0 aliphatic carbocycles. The molecule has 1 aromatic heterocycles. The molecule has 1 amide bonds. The van der Waals surface area contributed by atoms with E-state index in [9.17, 15) is 9.18 Å². The number of nitrogens with zero attached hydrogens (tertiary/aromatic N) is 2. The van der Waals surface area contributed by atoms with Crippen LogP contribution in [0.25, 0.3) is 10.9 Å². The van der Waals surface area contributed by atoms with Crippen molar-refractivity contribution >= 4 is 22.5 Å². The second kappa shape index (κ2) is 7.38. The van der Waals surface area contributed by atoms with Crippen LogP contribution in [0.4, 0.5) is 10.1 Å². The summed E-state index contributed by atoms with van der Waals surface area (Å²) < 4.78 is 16.1. The highest BCUT2D eigenvalue weighted by Crippen LogP contribution is 2.40. The number of aryl methyl sites for hydroxylation is 1. The first-order chi connectivity index (χ1) is 15.1. The molecule has 0 N–H and O–H groups in total. The van der Waals surface area contributed by atoms with E-state index in [0.29, 0.717) is 13.0 Å². The first-order valence-corrected chi connectivity index (χ1v) is 10.8. The zero-order chi connectivity index (χ0) is 21.6. The molecule has 156 valence electrons. The number of fused-ring (bicyclic) bond motifs is 2. The van der Waals surface area contributed by atoms with E-state index in [1.807, 2.05) is 66.6 Å². The van der Waals surface area contributed by atoms with E-state index < -0.39 is 5.54 Å². The number of halogens is 1. The van der Waals surface area contributed by atoms with Gasteiger partial charge in [-0.05, 0) is 60.7 Å². The van der Waals surface area contributed by atoms with Gasteiger partial charge in [-0.25, -0.2) is 4.39 Å². The molecule has 0 saturated heterocycles. The Morgan fingerprint density at radius 3 is 2.55 bits per heavy atom. The van der Waals surface area contributed by atoms with Crippen molar-refractivity contribution in [3.8, 4) is 0 Å². The maximum atomic E-state index is 14.4. The summed E-state index contributed by atoms with van der Waals surface area (Å²) in [6.45, 7) is 4.69. The molecule has 1 aliphatic heterocycles. The van der Waals surface area contributed by atoms with Gasteiger partial charge in [0.25, 0.3) is 5.91 Å². The van der Waals surface area contributed by atoms with Gasteiger partial charge in [-0.1, -0.05) is 55.5 Å². The van der Waals surface area contributed by atoms with Crippen molar-refractivity contribution in [3.63, 3.8) is 0 Å². The van der Waals surface area contributed by atoms with Crippen LogP contribution >= 0.6 is 0 Å². The number of amides is 1. The molecule has 1 aliphatic rings. The molecular weight excluding hydrogens is 387 g/mol. The number of carbonyl (C=O) groups is 1. The molecule has 1 atom stereocenters.